The van der Waals surface area contributed by atoms with Crippen LogP contribution in [0.15, 0.2) is 60.8 Å². The van der Waals surface area contributed by atoms with Gasteiger partial charge >= 0.3 is 0 Å². The number of nitrogens with one attached hydrogen (secondary N) is 1. The van der Waals surface area contributed by atoms with Gasteiger partial charge in [0.05, 0.1) is 6.54 Å². The van der Waals surface area contributed by atoms with E-state index >= 15 is 0 Å². The minimum atomic E-state index is 0.150. The highest BCUT2D eigenvalue weighted by atomic mass is 16.1. The molecule has 3 rings (SSSR count). The summed E-state index contributed by atoms with van der Waals surface area (Å²) in [5, 5.41) is 1.08. The van der Waals surface area contributed by atoms with E-state index in [9.17, 15) is 4.79 Å². The predicted molar refractivity (Wildman–Crippen MR) is 85.4 cm³/mol. The number of fused-ring (bicyclic) bond motifs is 1. The summed E-state index contributed by atoms with van der Waals surface area (Å²) in [7, 11) is 1.97. The molecule has 106 valence electrons. The molecule has 0 aliphatic carbocycles. The predicted octanol–water partition coefficient (Wildman–Crippen LogP) is 3.48. The van der Waals surface area contributed by atoms with Crippen molar-refractivity contribution in [1.82, 2.24) is 9.88 Å². The Kier molecular flexibility index (Phi) is 3.84. The van der Waals surface area contributed by atoms with Crippen molar-refractivity contribution in [2.45, 2.75) is 6.54 Å². The number of Topliss-reactive ketones (excluding diaryl/α,β-unsaturated/α-hetero) is 1. The van der Waals surface area contributed by atoms with Crippen molar-refractivity contribution in [2.24, 2.45) is 0 Å². The number of likely N-dealkylation sites (N-methyl/N-ethyl adjacent to an activating group) is 1. The van der Waals surface area contributed by atoms with Gasteiger partial charge in [-0.2, -0.15) is 0 Å². The second-order valence-corrected chi connectivity index (χ2v) is 5.36. The summed E-state index contributed by atoms with van der Waals surface area (Å²) in [4.78, 5) is 17.5. The summed E-state index contributed by atoms with van der Waals surface area (Å²) in [5.74, 6) is 0.150. The Balaban J connectivity index is 1.67. The smallest absolute Gasteiger partial charge is 0.176 e. The fraction of sp³-hybridized carbons (Fsp3) is 0.167. The normalized spacial score (nSPS) is 11.1. The number of carbonyl (C=O) groups is 1. The Morgan fingerprint density at radius 1 is 1.10 bits per heavy atom. The number of hydrogen-bond donors (Lipinski definition) is 1. The van der Waals surface area contributed by atoms with Crippen LogP contribution in [0.25, 0.3) is 10.9 Å². The third-order valence-electron chi connectivity index (χ3n) is 3.58. The first-order valence-electron chi connectivity index (χ1n) is 7.05. The Morgan fingerprint density at radius 3 is 2.71 bits per heavy atom. The van der Waals surface area contributed by atoms with Crippen molar-refractivity contribution in [3.8, 4) is 0 Å². The van der Waals surface area contributed by atoms with Gasteiger partial charge in [0.1, 0.15) is 0 Å². The van der Waals surface area contributed by atoms with Gasteiger partial charge in [-0.05, 0) is 36.9 Å². The highest BCUT2D eigenvalue weighted by Gasteiger charge is 2.10. The van der Waals surface area contributed by atoms with Crippen molar-refractivity contribution < 1.29 is 4.79 Å². The van der Waals surface area contributed by atoms with E-state index < -0.39 is 0 Å². The SMILES string of the molecule is CN(CC(=O)c1ccc2[nH]ccc2c1)Cc1ccccc1. The Hall–Kier alpha value is -2.39. The van der Waals surface area contributed by atoms with E-state index in [1.165, 1.54) is 5.56 Å². The van der Waals surface area contributed by atoms with Gasteiger partial charge in [0.15, 0.2) is 5.78 Å². The third-order valence-corrected chi connectivity index (χ3v) is 3.58. The van der Waals surface area contributed by atoms with Gasteiger partial charge in [-0.25, -0.2) is 0 Å². The number of benzene rings is 2. The molecule has 3 heteroatoms. The maximum Gasteiger partial charge on any atom is 0.176 e. The van der Waals surface area contributed by atoms with Gasteiger partial charge in [0.2, 0.25) is 0 Å². The highest BCUT2D eigenvalue weighted by Crippen LogP contribution is 2.15. The molecule has 0 aliphatic rings. The molecule has 2 aromatic carbocycles. The molecule has 1 N–H and O–H groups in total. The van der Waals surface area contributed by atoms with Gasteiger partial charge in [-0.1, -0.05) is 30.3 Å². The molecule has 1 heterocycles. The Labute approximate surface area is 124 Å². The number of H-pyrrole nitrogens is 1. The fourth-order valence-electron chi connectivity index (χ4n) is 2.51. The Morgan fingerprint density at radius 2 is 1.90 bits per heavy atom. The first kappa shape index (κ1) is 13.6. The summed E-state index contributed by atoms with van der Waals surface area (Å²) in [6, 6.07) is 18.0. The highest BCUT2D eigenvalue weighted by molar-refractivity contribution is 6.00. The average molecular weight is 278 g/mol. The largest absolute Gasteiger partial charge is 0.361 e. The van der Waals surface area contributed by atoms with Crippen molar-refractivity contribution in [3.05, 3.63) is 71.9 Å². The summed E-state index contributed by atoms with van der Waals surface area (Å²) < 4.78 is 0. The zero-order valence-electron chi connectivity index (χ0n) is 12.0. The van der Waals surface area contributed by atoms with Crippen molar-refractivity contribution in [3.63, 3.8) is 0 Å². The van der Waals surface area contributed by atoms with Crippen LogP contribution < -0.4 is 0 Å². The van der Waals surface area contributed by atoms with E-state index in [0.29, 0.717) is 6.54 Å². The van der Waals surface area contributed by atoms with E-state index in [-0.39, 0.29) is 5.78 Å². The molecule has 0 fully saturated rings. The lowest BCUT2D eigenvalue weighted by molar-refractivity contribution is 0.0943. The lowest BCUT2D eigenvalue weighted by Gasteiger charge is -2.15. The molecule has 3 nitrogen and oxygen atoms in total. The van der Waals surface area contributed by atoms with Gasteiger partial charge in [0, 0.05) is 29.2 Å². The summed E-state index contributed by atoms with van der Waals surface area (Å²) in [6.07, 6.45) is 1.89. The molecule has 0 saturated heterocycles. The zero-order valence-corrected chi connectivity index (χ0v) is 12.0. The van der Waals surface area contributed by atoms with Gasteiger partial charge in [-0.3, -0.25) is 9.69 Å². The standard InChI is InChI=1S/C18H18N2O/c1-20(12-14-5-3-2-4-6-14)13-18(21)16-7-8-17-15(11-16)9-10-19-17/h2-11,19H,12-13H2,1H3. The summed E-state index contributed by atoms with van der Waals surface area (Å²) in [5.41, 5.74) is 3.04. The minimum Gasteiger partial charge on any atom is -0.361 e. The molecule has 0 amide bonds. The number of hydrogen-bond acceptors (Lipinski definition) is 2. The van der Waals surface area contributed by atoms with Crippen LogP contribution in [0, 0.1) is 0 Å². The molecule has 0 saturated carbocycles. The van der Waals surface area contributed by atoms with Crippen molar-refractivity contribution >= 4 is 16.7 Å². The van der Waals surface area contributed by atoms with Crippen LogP contribution >= 0.6 is 0 Å². The zero-order chi connectivity index (χ0) is 14.7. The number of nitrogens with zero attached hydrogens (tertiary/aromatic N) is 1. The van der Waals surface area contributed by atoms with Crippen LogP contribution in [0.2, 0.25) is 0 Å². The van der Waals surface area contributed by atoms with Crippen molar-refractivity contribution in [1.29, 1.82) is 0 Å². The average Bonchev–Trinajstić information content (AvgIpc) is 2.95. The number of ketones is 1. The molecular weight excluding hydrogens is 260 g/mol. The van der Waals surface area contributed by atoms with Gasteiger partial charge in [-0.15, -0.1) is 0 Å². The van der Waals surface area contributed by atoms with E-state index in [4.69, 9.17) is 0 Å². The second kappa shape index (κ2) is 5.94. The molecule has 0 radical (unpaired) electrons. The van der Waals surface area contributed by atoms with Crippen LogP contribution in [0.5, 0.6) is 0 Å². The number of rotatable bonds is 5. The lowest BCUT2D eigenvalue weighted by Crippen LogP contribution is -2.25. The first-order valence-corrected chi connectivity index (χ1v) is 7.05. The molecular formula is C18H18N2O. The maximum atomic E-state index is 12.4. The van der Waals surface area contributed by atoms with Gasteiger partial charge < -0.3 is 4.98 Å². The fourth-order valence-corrected chi connectivity index (χ4v) is 2.51. The number of aromatic nitrogens is 1. The van der Waals surface area contributed by atoms with E-state index in [2.05, 4.69) is 17.1 Å². The van der Waals surface area contributed by atoms with Crippen LogP contribution in [0.3, 0.4) is 0 Å². The van der Waals surface area contributed by atoms with E-state index in [0.717, 1.165) is 23.0 Å². The van der Waals surface area contributed by atoms with Crippen molar-refractivity contribution in [2.75, 3.05) is 13.6 Å². The summed E-state index contributed by atoms with van der Waals surface area (Å²) >= 11 is 0. The number of carbonyl (C=O) groups excluding carboxylic acids is 1. The monoisotopic (exact) mass is 278 g/mol. The molecule has 0 aliphatic heterocycles. The molecule has 0 spiro atoms. The van der Waals surface area contributed by atoms with E-state index in [1.54, 1.807) is 0 Å². The van der Waals surface area contributed by atoms with E-state index in [1.807, 2.05) is 60.6 Å². The Bertz CT molecular complexity index is 746. The summed E-state index contributed by atoms with van der Waals surface area (Å²) in [6.45, 7) is 1.20. The van der Waals surface area contributed by atoms with Crippen LogP contribution in [-0.4, -0.2) is 29.3 Å². The van der Waals surface area contributed by atoms with Crippen LogP contribution in [0.1, 0.15) is 15.9 Å². The number of aromatic amines is 1. The minimum absolute atomic E-state index is 0.150. The van der Waals surface area contributed by atoms with Crippen LogP contribution in [-0.2, 0) is 6.54 Å². The van der Waals surface area contributed by atoms with Crippen LogP contribution in [0.4, 0.5) is 0 Å². The van der Waals surface area contributed by atoms with Gasteiger partial charge in [0.25, 0.3) is 0 Å². The second-order valence-electron chi connectivity index (χ2n) is 5.36. The maximum absolute atomic E-state index is 12.4. The molecule has 21 heavy (non-hydrogen) atoms. The lowest BCUT2D eigenvalue weighted by atomic mass is 10.1. The molecule has 3 aromatic rings. The third kappa shape index (κ3) is 3.20. The quantitative estimate of drug-likeness (QED) is 0.725. The molecule has 0 atom stereocenters. The topological polar surface area (TPSA) is 36.1 Å². The molecule has 1 aromatic heterocycles. The molecule has 0 unspecified atom stereocenters. The first-order chi connectivity index (χ1) is 10.2. The molecule has 0 bridgehead atoms.